The first kappa shape index (κ1) is 10.3. The summed E-state index contributed by atoms with van der Waals surface area (Å²) in [4.78, 5) is 13.8. The van der Waals surface area contributed by atoms with Gasteiger partial charge in [-0.05, 0) is 0 Å². The number of amides is 1. The molecule has 3 N–H and O–H groups in total. The maximum absolute atomic E-state index is 12.3. The summed E-state index contributed by atoms with van der Waals surface area (Å²) in [5.74, 6) is -2.41. The van der Waals surface area contributed by atoms with E-state index in [1.807, 2.05) is 0 Å². The van der Waals surface area contributed by atoms with Crippen LogP contribution in [0.1, 0.15) is 15.9 Å². The van der Waals surface area contributed by atoms with Gasteiger partial charge in [-0.3, -0.25) is 9.78 Å². The van der Waals surface area contributed by atoms with E-state index in [2.05, 4.69) is 4.98 Å². The van der Waals surface area contributed by atoms with Crippen molar-refractivity contribution in [1.82, 2.24) is 4.98 Å². The standard InChI is InChI=1S/C7H5F3N2O2/c8-7(9,10)5-3(6(11)14)1-12-2-4(5)13/h1-2,13H,(H2,11,14). The molecule has 4 nitrogen and oxygen atoms in total. The molecular weight excluding hydrogens is 201 g/mol. The predicted octanol–water partition coefficient (Wildman–Crippen LogP) is 0.905. The fraction of sp³-hybridized carbons (Fsp3) is 0.143. The fourth-order valence-corrected chi connectivity index (χ4v) is 0.934. The lowest BCUT2D eigenvalue weighted by Gasteiger charge is -2.11. The molecular formula is C7H5F3N2O2. The number of carbonyl (C=O) groups is 1. The van der Waals surface area contributed by atoms with E-state index in [1.54, 1.807) is 0 Å². The quantitative estimate of drug-likeness (QED) is 0.716. The molecule has 0 bridgehead atoms. The van der Waals surface area contributed by atoms with E-state index in [-0.39, 0.29) is 0 Å². The normalized spacial score (nSPS) is 11.4. The van der Waals surface area contributed by atoms with E-state index < -0.39 is 29.0 Å². The number of nitrogens with two attached hydrogens (primary N) is 1. The lowest BCUT2D eigenvalue weighted by atomic mass is 10.1. The zero-order valence-electron chi connectivity index (χ0n) is 6.67. The second kappa shape index (κ2) is 3.17. The van der Waals surface area contributed by atoms with Crippen molar-refractivity contribution < 1.29 is 23.1 Å². The average molecular weight is 206 g/mol. The number of rotatable bonds is 1. The van der Waals surface area contributed by atoms with Crippen molar-refractivity contribution in [3.8, 4) is 5.75 Å². The van der Waals surface area contributed by atoms with Crippen LogP contribution in [0.4, 0.5) is 13.2 Å². The average Bonchev–Trinajstić information content (AvgIpc) is 2.01. The topological polar surface area (TPSA) is 76.2 Å². The first-order chi connectivity index (χ1) is 6.34. The van der Waals surface area contributed by atoms with Crippen molar-refractivity contribution in [3.05, 3.63) is 23.5 Å². The van der Waals surface area contributed by atoms with Crippen LogP contribution in [0.3, 0.4) is 0 Å². The number of carbonyl (C=O) groups excluding carboxylic acids is 1. The van der Waals surface area contributed by atoms with Crippen LogP contribution in [0.2, 0.25) is 0 Å². The predicted molar refractivity (Wildman–Crippen MR) is 39.4 cm³/mol. The van der Waals surface area contributed by atoms with Gasteiger partial charge in [0.25, 0.3) is 5.91 Å². The first-order valence-corrected chi connectivity index (χ1v) is 3.38. The van der Waals surface area contributed by atoms with Crippen LogP contribution in [0.15, 0.2) is 12.4 Å². The third-order valence-corrected chi connectivity index (χ3v) is 1.47. The highest BCUT2D eigenvalue weighted by Gasteiger charge is 2.38. The highest BCUT2D eigenvalue weighted by Crippen LogP contribution is 2.37. The van der Waals surface area contributed by atoms with Crippen LogP contribution < -0.4 is 5.73 Å². The number of aromatic nitrogens is 1. The van der Waals surface area contributed by atoms with Crippen LogP contribution in [0.25, 0.3) is 0 Å². The Bertz CT molecular complexity index is 376. The van der Waals surface area contributed by atoms with Crippen LogP contribution >= 0.6 is 0 Å². The van der Waals surface area contributed by atoms with Gasteiger partial charge in [0.1, 0.15) is 11.3 Å². The third kappa shape index (κ3) is 1.76. The molecule has 1 amide bonds. The molecule has 0 atom stereocenters. The van der Waals surface area contributed by atoms with Gasteiger partial charge in [0, 0.05) is 6.20 Å². The third-order valence-electron chi connectivity index (χ3n) is 1.47. The Morgan fingerprint density at radius 3 is 2.36 bits per heavy atom. The summed E-state index contributed by atoms with van der Waals surface area (Å²) in [5.41, 5.74) is 2.38. The van der Waals surface area contributed by atoms with Crippen molar-refractivity contribution in [2.75, 3.05) is 0 Å². The van der Waals surface area contributed by atoms with E-state index in [9.17, 15) is 18.0 Å². The first-order valence-electron chi connectivity index (χ1n) is 3.38. The maximum Gasteiger partial charge on any atom is 0.420 e. The molecule has 0 spiro atoms. The molecule has 0 aliphatic heterocycles. The molecule has 0 aliphatic carbocycles. The SMILES string of the molecule is NC(=O)c1cncc(O)c1C(F)(F)F. The Morgan fingerprint density at radius 2 is 2.00 bits per heavy atom. The van der Waals surface area contributed by atoms with Gasteiger partial charge in [0.2, 0.25) is 0 Å². The summed E-state index contributed by atoms with van der Waals surface area (Å²) >= 11 is 0. The lowest BCUT2D eigenvalue weighted by Crippen LogP contribution is -2.19. The van der Waals surface area contributed by atoms with Gasteiger partial charge in [-0.25, -0.2) is 0 Å². The van der Waals surface area contributed by atoms with Crippen LogP contribution in [-0.4, -0.2) is 16.0 Å². The molecule has 0 aromatic carbocycles. The number of alkyl halides is 3. The smallest absolute Gasteiger partial charge is 0.420 e. The summed E-state index contributed by atoms with van der Waals surface area (Å²) in [7, 11) is 0. The molecule has 0 unspecified atom stereocenters. The monoisotopic (exact) mass is 206 g/mol. The minimum absolute atomic E-state index is 0.593. The molecule has 1 aromatic rings. The van der Waals surface area contributed by atoms with Crippen molar-refractivity contribution in [1.29, 1.82) is 0 Å². The summed E-state index contributed by atoms with van der Waals surface area (Å²) in [6.07, 6.45) is -3.59. The number of hydrogen-bond acceptors (Lipinski definition) is 3. The molecule has 0 fully saturated rings. The number of nitrogens with zero attached hydrogens (tertiary/aromatic N) is 1. The van der Waals surface area contributed by atoms with Gasteiger partial charge in [0.05, 0.1) is 11.8 Å². The van der Waals surface area contributed by atoms with E-state index in [1.165, 1.54) is 0 Å². The Kier molecular flexibility index (Phi) is 2.33. The van der Waals surface area contributed by atoms with Crippen LogP contribution in [0.5, 0.6) is 5.75 Å². The number of halogens is 3. The van der Waals surface area contributed by atoms with Crippen LogP contribution in [0, 0.1) is 0 Å². The molecule has 0 aliphatic rings. The Morgan fingerprint density at radius 1 is 1.43 bits per heavy atom. The highest BCUT2D eigenvalue weighted by atomic mass is 19.4. The number of aromatic hydroxyl groups is 1. The summed E-state index contributed by atoms with van der Waals surface area (Å²) < 4.78 is 36.8. The van der Waals surface area contributed by atoms with Crippen LogP contribution in [-0.2, 0) is 6.18 Å². The van der Waals surface area contributed by atoms with Crippen molar-refractivity contribution in [2.24, 2.45) is 5.73 Å². The second-order valence-corrected chi connectivity index (χ2v) is 2.44. The van der Waals surface area contributed by atoms with E-state index in [0.717, 1.165) is 0 Å². The van der Waals surface area contributed by atoms with E-state index in [4.69, 9.17) is 10.8 Å². The molecule has 0 saturated carbocycles. The van der Waals surface area contributed by atoms with Crippen molar-refractivity contribution in [3.63, 3.8) is 0 Å². The largest absolute Gasteiger partial charge is 0.506 e. The fourth-order valence-electron chi connectivity index (χ4n) is 0.934. The molecule has 14 heavy (non-hydrogen) atoms. The number of pyridine rings is 1. The molecule has 1 rings (SSSR count). The Balaban J connectivity index is 3.45. The van der Waals surface area contributed by atoms with E-state index in [0.29, 0.717) is 12.4 Å². The minimum atomic E-state index is -4.84. The van der Waals surface area contributed by atoms with Crippen molar-refractivity contribution in [2.45, 2.75) is 6.18 Å². The van der Waals surface area contributed by atoms with Gasteiger partial charge in [0.15, 0.2) is 0 Å². The molecule has 7 heteroatoms. The van der Waals surface area contributed by atoms with Gasteiger partial charge >= 0.3 is 6.18 Å². The molecule has 76 valence electrons. The zero-order chi connectivity index (χ0) is 10.9. The van der Waals surface area contributed by atoms with Gasteiger partial charge in [-0.15, -0.1) is 0 Å². The zero-order valence-corrected chi connectivity index (χ0v) is 6.67. The molecule has 0 radical (unpaired) electrons. The van der Waals surface area contributed by atoms with Gasteiger partial charge in [-0.2, -0.15) is 13.2 Å². The van der Waals surface area contributed by atoms with Gasteiger partial charge in [-0.1, -0.05) is 0 Å². The molecule has 1 heterocycles. The summed E-state index contributed by atoms with van der Waals surface area (Å²) in [6.45, 7) is 0. The highest BCUT2D eigenvalue weighted by molar-refractivity contribution is 5.94. The lowest BCUT2D eigenvalue weighted by molar-refractivity contribution is -0.139. The summed E-state index contributed by atoms with van der Waals surface area (Å²) in [6, 6.07) is 0. The number of primary amides is 1. The molecule has 0 saturated heterocycles. The Labute approximate surface area is 76.2 Å². The van der Waals surface area contributed by atoms with Gasteiger partial charge < -0.3 is 10.8 Å². The number of hydrogen-bond donors (Lipinski definition) is 2. The Hall–Kier alpha value is -1.79. The molecule has 1 aromatic heterocycles. The van der Waals surface area contributed by atoms with E-state index >= 15 is 0 Å². The maximum atomic E-state index is 12.3. The summed E-state index contributed by atoms with van der Waals surface area (Å²) in [5, 5.41) is 8.89. The second-order valence-electron chi connectivity index (χ2n) is 2.44. The van der Waals surface area contributed by atoms with Crippen molar-refractivity contribution >= 4 is 5.91 Å². The minimum Gasteiger partial charge on any atom is -0.506 e.